The lowest BCUT2D eigenvalue weighted by molar-refractivity contribution is -0.643. The van der Waals surface area contributed by atoms with Gasteiger partial charge in [0.1, 0.15) is 11.7 Å². The molecule has 6 aromatic rings. The second-order valence-corrected chi connectivity index (χ2v) is 11.7. The second kappa shape index (κ2) is 9.47. The summed E-state index contributed by atoms with van der Waals surface area (Å²) in [4.78, 5) is 0. The number of hydrogen-bond acceptors (Lipinski definition) is 0. The largest absolute Gasteiger partial charge is 0.324 e. The lowest BCUT2D eigenvalue weighted by Gasteiger charge is -2.16. The quantitative estimate of drug-likeness (QED) is 0.161. The van der Waals surface area contributed by atoms with E-state index in [9.17, 15) is 0 Å². The summed E-state index contributed by atoms with van der Waals surface area (Å²) in [5.74, 6) is 1.18. The Morgan fingerprint density at radius 1 is 0.763 bits per heavy atom. The Hall–Kier alpha value is -3.85. The molecule has 0 atom stereocenters. The highest BCUT2D eigenvalue weighted by molar-refractivity contribution is 6.13. The molecule has 0 N–H and O–H groups in total. The molecule has 6 rings (SSSR count). The van der Waals surface area contributed by atoms with Gasteiger partial charge in [0.2, 0.25) is 0 Å². The topological polar surface area (TPSA) is 13.2 Å². The van der Waals surface area contributed by atoms with Gasteiger partial charge in [-0.2, -0.15) is 4.40 Å². The van der Waals surface area contributed by atoms with Gasteiger partial charge in [-0.1, -0.05) is 64.1 Å². The molecule has 38 heavy (non-hydrogen) atoms. The van der Waals surface area contributed by atoms with Crippen molar-refractivity contribution in [3.8, 4) is 16.9 Å². The molecule has 0 saturated heterocycles. The molecule has 192 valence electrons. The minimum absolute atomic E-state index is 0.590. The highest BCUT2D eigenvalue weighted by atomic mass is 15.1. The van der Waals surface area contributed by atoms with Crippen LogP contribution in [0.2, 0.25) is 0 Å². The van der Waals surface area contributed by atoms with Crippen molar-refractivity contribution in [3.05, 3.63) is 102 Å². The highest BCUT2D eigenvalue weighted by Crippen LogP contribution is 2.37. The molecule has 3 aromatic heterocycles. The Kier molecular flexibility index (Phi) is 6.10. The van der Waals surface area contributed by atoms with Gasteiger partial charge in [-0.3, -0.25) is 0 Å². The van der Waals surface area contributed by atoms with Crippen LogP contribution in [0.5, 0.6) is 0 Å². The van der Waals surface area contributed by atoms with Crippen molar-refractivity contribution in [1.29, 1.82) is 0 Å². The first kappa shape index (κ1) is 24.5. The first-order chi connectivity index (χ1) is 18.3. The van der Waals surface area contributed by atoms with Crippen LogP contribution in [0.25, 0.3) is 44.3 Å². The lowest BCUT2D eigenvalue weighted by atomic mass is 9.89. The highest BCUT2D eigenvalue weighted by Gasteiger charge is 2.27. The molecule has 0 bridgehead atoms. The summed E-state index contributed by atoms with van der Waals surface area (Å²) in [5.41, 5.74) is 10.6. The first-order valence-corrected chi connectivity index (χ1v) is 13.9. The van der Waals surface area contributed by atoms with Crippen molar-refractivity contribution in [2.75, 3.05) is 0 Å². The summed E-state index contributed by atoms with van der Waals surface area (Å²) in [5, 5.41) is 3.91. The summed E-state index contributed by atoms with van der Waals surface area (Å²) in [7, 11) is 2.21. The Labute approximate surface area is 226 Å². The van der Waals surface area contributed by atoms with E-state index >= 15 is 0 Å². The molecule has 0 fully saturated rings. The van der Waals surface area contributed by atoms with E-state index in [-0.39, 0.29) is 0 Å². The van der Waals surface area contributed by atoms with Crippen molar-refractivity contribution < 1.29 is 4.57 Å². The number of benzene rings is 3. The van der Waals surface area contributed by atoms with E-state index in [1.54, 1.807) is 0 Å². The van der Waals surface area contributed by atoms with E-state index in [4.69, 9.17) is 0 Å². The number of aryl methyl sites for hydroxylation is 2. The van der Waals surface area contributed by atoms with E-state index < -0.39 is 0 Å². The van der Waals surface area contributed by atoms with Gasteiger partial charge in [0.05, 0.1) is 12.4 Å². The fraction of sp³-hybridized carbons (Fsp3) is 0.286. The van der Waals surface area contributed by atoms with E-state index in [0.29, 0.717) is 11.8 Å². The maximum atomic E-state index is 2.53. The predicted molar refractivity (Wildman–Crippen MR) is 160 cm³/mol. The summed E-state index contributed by atoms with van der Waals surface area (Å²) in [6.07, 6.45) is 8.74. The van der Waals surface area contributed by atoms with Gasteiger partial charge in [0, 0.05) is 34.4 Å². The summed E-state index contributed by atoms with van der Waals surface area (Å²) >= 11 is 0. The SMILES string of the molecule is Cc1cccc2c3cc(-n4cccc4)ccc3n3c(-c4c(CC(C)C)cccc4CC(C)C)c[n+](C)c3c12. The molecular weight excluding hydrogens is 462 g/mol. The zero-order chi connectivity index (χ0) is 26.6. The molecule has 3 nitrogen and oxygen atoms in total. The number of fused-ring (bicyclic) bond motifs is 6. The van der Waals surface area contributed by atoms with Crippen molar-refractivity contribution in [2.24, 2.45) is 18.9 Å². The van der Waals surface area contributed by atoms with Crippen molar-refractivity contribution in [3.63, 3.8) is 0 Å². The molecule has 3 aromatic carbocycles. The maximum absolute atomic E-state index is 2.53. The van der Waals surface area contributed by atoms with Crippen LogP contribution in [0.4, 0.5) is 0 Å². The van der Waals surface area contributed by atoms with Gasteiger partial charge in [-0.25, -0.2) is 4.57 Å². The predicted octanol–water partition coefficient (Wildman–Crippen LogP) is 8.23. The van der Waals surface area contributed by atoms with E-state index in [1.807, 2.05) is 0 Å². The second-order valence-electron chi connectivity index (χ2n) is 11.7. The summed E-state index contributed by atoms with van der Waals surface area (Å²) in [6.45, 7) is 11.5. The summed E-state index contributed by atoms with van der Waals surface area (Å²) in [6, 6.07) is 24.8. The van der Waals surface area contributed by atoms with Crippen LogP contribution in [0.3, 0.4) is 0 Å². The fourth-order valence-electron chi connectivity index (χ4n) is 6.28. The number of nitrogens with zero attached hydrogens (tertiary/aromatic N) is 3. The Bertz CT molecular complexity index is 1750. The molecule has 0 aliphatic heterocycles. The van der Waals surface area contributed by atoms with Gasteiger partial charge >= 0.3 is 0 Å². The zero-order valence-electron chi connectivity index (χ0n) is 23.5. The van der Waals surface area contributed by atoms with Crippen LogP contribution in [0.1, 0.15) is 44.4 Å². The van der Waals surface area contributed by atoms with Gasteiger partial charge in [-0.05, 0) is 78.6 Å². The fourth-order valence-corrected chi connectivity index (χ4v) is 6.28. The van der Waals surface area contributed by atoms with Crippen LogP contribution >= 0.6 is 0 Å². The average Bonchev–Trinajstić information content (AvgIpc) is 3.52. The third-order valence-corrected chi connectivity index (χ3v) is 7.76. The number of hydrogen-bond donors (Lipinski definition) is 0. The van der Waals surface area contributed by atoms with Gasteiger partial charge in [0.25, 0.3) is 5.65 Å². The number of rotatable bonds is 6. The van der Waals surface area contributed by atoms with E-state index in [2.05, 4.69) is 141 Å². The number of aromatic nitrogens is 3. The minimum atomic E-state index is 0.590. The Morgan fingerprint density at radius 3 is 2.08 bits per heavy atom. The molecule has 0 amide bonds. The molecule has 0 spiro atoms. The Morgan fingerprint density at radius 2 is 1.42 bits per heavy atom. The summed E-state index contributed by atoms with van der Waals surface area (Å²) < 4.78 is 7.07. The molecule has 0 unspecified atom stereocenters. The molecule has 3 heterocycles. The standard InChI is InChI=1S/C35H38N3/c1-23(2)19-26-12-10-13-27(20-24(3)4)34(26)32-22-36(6)35-33-25(5)11-9-14-29(33)30-21-28(37-17-7-8-18-37)15-16-31(30)38(32)35/h7-18,21-24H,19-20H2,1-6H3/q+1. The first-order valence-electron chi connectivity index (χ1n) is 13.9. The smallest absolute Gasteiger partial charge is 0.295 e. The van der Waals surface area contributed by atoms with Crippen molar-refractivity contribution in [2.45, 2.75) is 47.5 Å². The third kappa shape index (κ3) is 4.01. The van der Waals surface area contributed by atoms with Crippen LogP contribution < -0.4 is 4.57 Å². The number of pyridine rings is 1. The van der Waals surface area contributed by atoms with Crippen LogP contribution in [-0.4, -0.2) is 8.97 Å². The van der Waals surface area contributed by atoms with E-state index in [1.165, 1.54) is 61.0 Å². The molecule has 0 aliphatic rings. The van der Waals surface area contributed by atoms with Gasteiger partial charge < -0.3 is 4.57 Å². The molecule has 3 heteroatoms. The zero-order valence-corrected chi connectivity index (χ0v) is 23.5. The van der Waals surface area contributed by atoms with Gasteiger partial charge in [0.15, 0.2) is 5.69 Å². The monoisotopic (exact) mass is 500 g/mol. The van der Waals surface area contributed by atoms with E-state index in [0.717, 1.165) is 12.8 Å². The molecule has 0 radical (unpaired) electrons. The van der Waals surface area contributed by atoms with Crippen molar-refractivity contribution in [1.82, 2.24) is 8.97 Å². The van der Waals surface area contributed by atoms with Crippen LogP contribution in [0.15, 0.2) is 85.3 Å². The van der Waals surface area contributed by atoms with Crippen molar-refractivity contribution >= 4 is 27.3 Å². The van der Waals surface area contributed by atoms with Crippen LogP contribution in [0, 0.1) is 18.8 Å². The molecule has 0 aliphatic carbocycles. The molecular formula is C35H38N3+. The number of imidazole rings is 1. The van der Waals surface area contributed by atoms with Crippen LogP contribution in [-0.2, 0) is 19.9 Å². The average molecular weight is 501 g/mol. The third-order valence-electron chi connectivity index (χ3n) is 7.76. The maximum Gasteiger partial charge on any atom is 0.295 e. The minimum Gasteiger partial charge on any atom is -0.324 e. The normalized spacial score (nSPS) is 12.1. The molecule has 0 saturated carbocycles. The van der Waals surface area contributed by atoms with Gasteiger partial charge in [-0.15, -0.1) is 0 Å². The Balaban J connectivity index is 1.78. The lowest BCUT2D eigenvalue weighted by Crippen LogP contribution is -2.26.